The van der Waals surface area contributed by atoms with Gasteiger partial charge >= 0.3 is 0 Å². The summed E-state index contributed by atoms with van der Waals surface area (Å²) in [6, 6.07) is 11.2. The number of unbranched alkanes of at least 4 members (excludes halogenated alkanes) is 2. The Morgan fingerprint density at radius 2 is 0.972 bits per heavy atom. The maximum Gasteiger partial charge on any atom is 0.221 e. The Hall–Kier alpha value is -2.30. The lowest BCUT2D eigenvalue weighted by molar-refractivity contribution is -0.112. The van der Waals surface area contributed by atoms with Gasteiger partial charge in [0.25, 0.3) is 0 Å². The van der Waals surface area contributed by atoms with Gasteiger partial charge in [-0.3, -0.25) is 19.2 Å². The molecule has 0 saturated carbocycles. The first-order chi connectivity index (χ1) is 16.8. The molecule has 192 valence electrons. The van der Waals surface area contributed by atoms with Crippen molar-refractivity contribution in [2.45, 2.75) is 89.9 Å². The molecule has 0 amide bonds. The molecule has 4 nitrogen and oxygen atoms in total. The van der Waals surface area contributed by atoms with Crippen LogP contribution < -0.4 is 0 Å². The van der Waals surface area contributed by atoms with Crippen molar-refractivity contribution < 1.29 is 19.2 Å². The molecule has 1 aliphatic rings. The quantitative estimate of drug-likeness (QED) is 0.178. The topological polar surface area (TPSA) is 68.3 Å². The first-order valence-corrected chi connectivity index (χ1v) is 13.3. The smallest absolute Gasteiger partial charge is 0.221 e. The lowest BCUT2D eigenvalue weighted by Crippen LogP contribution is -2.25. The maximum atomic E-state index is 13.5. The van der Waals surface area contributed by atoms with Gasteiger partial charge in [0.05, 0.1) is 0 Å². The molecule has 2 aromatic rings. The molecule has 0 aromatic heterocycles. The fraction of sp³-hybridized carbons (Fsp3) is 0.467. The molecule has 0 bridgehead atoms. The second-order valence-electron chi connectivity index (χ2n) is 11.1. The molecule has 3 rings (SSSR count). The van der Waals surface area contributed by atoms with Gasteiger partial charge in [-0.05, 0) is 95.1 Å². The Balaban J connectivity index is 1.82. The number of carbonyl (C=O) groups excluding carboxylic acids is 4. The molecule has 0 spiro atoms. The Bertz CT molecular complexity index is 1100. The van der Waals surface area contributed by atoms with E-state index in [0.717, 1.165) is 49.7 Å². The average Bonchev–Trinajstić information content (AvgIpc) is 2.82. The van der Waals surface area contributed by atoms with E-state index in [9.17, 15) is 19.2 Å². The van der Waals surface area contributed by atoms with Crippen molar-refractivity contribution in [2.24, 2.45) is 0 Å². The number of benzene rings is 2. The lowest BCUT2D eigenvalue weighted by atomic mass is 9.74. The average molecular weight is 530 g/mol. The number of carbonyl (C=O) groups is 4. The fourth-order valence-corrected chi connectivity index (χ4v) is 5.21. The van der Waals surface area contributed by atoms with E-state index in [0.29, 0.717) is 35.1 Å². The Morgan fingerprint density at radius 3 is 1.31 bits per heavy atom. The van der Waals surface area contributed by atoms with Crippen molar-refractivity contribution in [2.75, 3.05) is 0 Å². The van der Waals surface area contributed by atoms with E-state index in [2.05, 4.69) is 27.7 Å². The van der Waals surface area contributed by atoms with Crippen LogP contribution in [0.5, 0.6) is 0 Å². The van der Waals surface area contributed by atoms with Crippen LogP contribution in [0.2, 0.25) is 0 Å². The zero-order valence-electron chi connectivity index (χ0n) is 21.5. The molecule has 0 saturated heterocycles. The van der Waals surface area contributed by atoms with Crippen molar-refractivity contribution in [1.82, 2.24) is 0 Å². The minimum Gasteiger partial charge on any atom is -0.289 e. The normalized spacial score (nSPS) is 13.4. The van der Waals surface area contributed by atoms with Gasteiger partial charge in [0.15, 0.2) is 11.6 Å². The molecule has 0 radical (unpaired) electrons. The second kappa shape index (κ2) is 11.4. The molecule has 0 fully saturated rings. The minimum atomic E-state index is -0.321. The Morgan fingerprint density at radius 1 is 0.611 bits per heavy atom. The summed E-state index contributed by atoms with van der Waals surface area (Å²) in [5, 5.41) is -0.641. The van der Waals surface area contributed by atoms with Crippen LogP contribution in [0.3, 0.4) is 0 Å². The van der Waals surface area contributed by atoms with Crippen molar-refractivity contribution in [3.8, 4) is 0 Å². The molecule has 0 aliphatic heterocycles. The van der Waals surface area contributed by atoms with E-state index in [1.54, 1.807) is 12.1 Å². The summed E-state index contributed by atoms with van der Waals surface area (Å²) in [4.78, 5) is 48.9. The number of hydrogen-bond donors (Lipinski definition) is 0. The van der Waals surface area contributed by atoms with Crippen LogP contribution in [0.1, 0.15) is 122 Å². The first-order valence-electron chi connectivity index (χ1n) is 12.6. The third-order valence-corrected chi connectivity index (χ3v) is 7.81. The number of halogens is 2. The molecule has 0 unspecified atom stereocenters. The standard InChI is InChI=1S/C30H34Cl2O4/c1-29(2,15-7-5-9-25(31)33)19-11-13-21-23(17-19)27(35)22-14-12-20(18-24(22)28(21)36)30(3,4)16-8-6-10-26(32)34/h11-14,17-18H,5-10,15-16H2,1-4H3. The summed E-state index contributed by atoms with van der Waals surface area (Å²) < 4.78 is 0. The number of hydrogen-bond acceptors (Lipinski definition) is 4. The third-order valence-electron chi connectivity index (χ3n) is 7.43. The highest BCUT2D eigenvalue weighted by Gasteiger charge is 2.33. The predicted molar refractivity (Wildman–Crippen MR) is 144 cm³/mol. The lowest BCUT2D eigenvalue weighted by Gasteiger charge is -2.29. The van der Waals surface area contributed by atoms with E-state index in [4.69, 9.17) is 23.2 Å². The van der Waals surface area contributed by atoms with Crippen LogP contribution in [0.4, 0.5) is 0 Å². The van der Waals surface area contributed by atoms with Crippen molar-refractivity contribution >= 4 is 45.3 Å². The van der Waals surface area contributed by atoms with Crippen LogP contribution in [0.15, 0.2) is 36.4 Å². The highest BCUT2D eigenvalue weighted by atomic mass is 35.5. The van der Waals surface area contributed by atoms with E-state index in [1.807, 2.05) is 24.3 Å². The van der Waals surface area contributed by atoms with E-state index in [1.165, 1.54) is 0 Å². The molecular formula is C30H34Cl2O4. The summed E-state index contributed by atoms with van der Waals surface area (Å²) in [5.74, 6) is -0.259. The molecule has 36 heavy (non-hydrogen) atoms. The van der Waals surface area contributed by atoms with Crippen LogP contribution in [-0.4, -0.2) is 22.1 Å². The van der Waals surface area contributed by atoms with Crippen LogP contribution in [0, 0.1) is 0 Å². The van der Waals surface area contributed by atoms with Gasteiger partial charge in [-0.15, -0.1) is 0 Å². The van der Waals surface area contributed by atoms with E-state index < -0.39 is 0 Å². The van der Waals surface area contributed by atoms with Gasteiger partial charge < -0.3 is 0 Å². The van der Waals surface area contributed by atoms with Crippen LogP contribution in [-0.2, 0) is 20.4 Å². The molecule has 2 aromatic carbocycles. The summed E-state index contributed by atoms with van der Waals surface area (Å²) in [6.45, 7) is 8.44. The van der Waals surface area contributed by atoms with Crippen molar-refractivity contribution in [3.63, 3.8) is 0 Å². The molecule has 6 heteroatoms. The summed E-state index contributed by atoms with van der Waals surface area (Å²) in [7, 11) is 0. The largest absolute Gasteiger partial charge is 0.289 e. The number of ketones is 2. The molecule has 0 heterocycles. The highest BCUT2D eigenvalue weighted by Crippen LogP contribution is 2.37. The van der Waals surface area contributed by atoms with Gasteiger partial charge in [0.1, 0.15) is 0 Å². The van der Waals surface area contributed by atoms with Gasteiger partial charge in [0, 0.05) is 35.1 Å². The Kier molecular flexibility index (Phi) is 8.95. The van der Waals surface area contributed by atoms with Crippen molar-refractivity contribution in [3.05, 3.63) is 69.8 Å². The van der Waals surface area contributed by atoms with Gasteiger partial charge in [-0.1, -0.05) is 52.7 Å². The second-order valence-corrected chi connectivity index (χ2v) is 11.9. The SMILES string of the molecule is CC(C)(CCCCC(=O)Cl)c1ccc2c(c1)C(=O)c1ccc(C(C)(C)CCCCC(=O)Cl)cc1C2=O. The minimum absolute atomic E-state index is 0.130. The zero-order valence-corrected chi connectivity index (χ0v) is 23.0. The Labute approximate surface area is 223 Å². The van der Waals surface area contributed by atoms with Gasteiger partial charge in [-0.25, -0.2) is 0 Å². The predicted octanol–water partition coefficient (Wildman–Crippen LogP) is 7.67. The van der Waals surface area contributed by atoms with Crippen LogP contribution >= 0.6 is 23.2 Å². The van der Waals surface area contributed by atoms with Crippen LogP contribution in [0.25, 0.3) is 0 Å². The van der Waals surface area contributed by atoms with Crippen molar-refractivity contribution in [1.29, 1.82) is 0 Å². The maximum absolute atomic E-state index is 13.5. The van der Waals surface area contributed by atoms with E-state index >= 15 is 0 Å². The van der Waals surface area contributed by atoms with Gasteiger partial charge in [0.2, 0.25) is 10.5 Å². The number of rotatable bonds is 12. The summed E-state index contributed by atoms with van der Waals surface area (Å²) in [6.07, 6.45) is 5.54. The highest BCUT2D eigenvalue weighted by molar-refractivity contribution is 6.63. The zero-order chi connectivity index (χ0) is 26.7. The summed E-state index contributed by atoms with van der Waals surface area (Å²) >= 11 is 10.9. The monoisotopic (exact) mass is 528 g/mol. The molecule has 0 N–H and O–H groups in total. The molecule has 0 atom stereocenters. The van der Waals surface area contributed by atoms with Gasteiger partial charge in [-0.2, -0.15) is 0 Å². The molecule has 1 aliphatic carbocycles. The summed E-state index contributed by atoms with van der Waals surface area (Å²) in [5.41, 5.74) is 3.35. The molecular weight excluding hydrogens is 495 g/mol. The first kappa shape index (κ1) is 28.3. The number of fused-ring (bicyclic) bond motifs is 2. The third kappa shape index (κ3) is 6.52. The fourth-order valence-electron chi connectivity index (χ4n) is 4.94. The van der Waals surface area contributed by atoms with E-state index in [-0.39, 0.29) is 32.9 Å².